The van der Waals surface area contributed by atoms with Crippen molar-refractivity contribution in [1.82, 2.24) is 4.98 Å². The van der Waals surface area contributed by atoms with Crippen molar-refractivity contribution in [3.05, 3.63) is 15.0 Å². The second-order valence-electron chi connectivity index (χ2n) is 4.90. The number of aromatic amines is 1. The summed E-state index contributed by atoms with van der Waals surface area (Å²) in [6, 6.07) is -0.395. The number of carbonyl (C=O) groups is 2. The van der Waals surface area contributed by atoms with Crippen molar-refractivity contribution in [2.45, 2.75) is 26.3 Å². The summed E-state index contributed by atoms with van der Waals surface area (Å²) in [6.45, 7) is 4.22. The minimum Gasteiger partial charge on any atom is -0.464 e. The summed E-state index contributed by atoms with van der Waals surface area (Å²) < 4.78 is 13.4. The fourth-order valence-electron chi connectivity index (χ4n) is 2.61. The predicted octanol–water partition coefficient (Wildman–Crippen LogP) is 3.77. The number of H-pyrrole nitrogens is 1. The fourth-order valence-corrected chi connectivity index (χ4v) is 5.44. The quantitative estimate of drug-likeness (QED) is 0.549. The molecule has 124 valence electrons. The van der Waals surface area contributed by atoms with Gasteiger partial charge in [-0.05, 0) is 29.8 Å². The van der Waals surface area contributed by atoms with E-state index in [1.54, 1.807) is 17.8 Å². The van der Waals surface area contributed by atoms with Gasteiger partial charge in [-0.15, -0.1) is 11.3 Å². The van der Waals surface area contributed by atoms with Crippen molar-refractivity contribution in [3.63, 3.8) is 0 Å². The van der Waals surface area contributed by atoms with Crippen LogP contribution in [0.5, 0.6) is 0 Å². The standard InChI is InChI=1S/C14H14Br2N2O4S/c1-3-21-13(19)6-5-7-10(18(6)16)9-11(23-7)8(12(15)17-9)14(20)22-4-2/h6,17H,3-5H2,1-2H3. The molecule has 9 heteroatoms. The zero-order valence-electron chi connectivity index (χ0n) is 12.4. The topological polar surface area (TPSA) is 71.6 Å². The maximum absolute atomic E-state index is 12.1. The van der Waals surface area contributed by atoms with Gasteiger partial charge in [0, 0.05) is 11.3 Å². The molecule has 2 aromatic rings. The van der Waals surface area contributed by atoms with Crippen molar-refractivity contribution >= 4 is 71.3 Å². The number of halogens is 2. The zero-order valence-corrected chi connectivity index (χ0v) is 16.4. The molecule has 1 aliphatic rings. The SMILES string of the molecule is CCOC(=O)c1c(Br)[nH]c2c3c(sc12)CC(C(=O)OCC)N3Br. The molecule has 3 heterocycles. The smallest absolute Gasteiger partial charge is 0.342 e. The largest absolute Gasteiger partial charge is 0.464 e. The van der Waals surface area contributed by atoms with Gasteiger partial charge in [-0.1, -0.05) is 0 Å². The van der Waals surface area contributed by atoms with Gasteiger partial charge >= 0.3 is 11.9 Å². The van der Waals surface area contributed by atoms with E-state index in [2.05, 4.69) is 37.1 Å². The van der Waals surface area contributed by atoms with Crippen LogP contribution in [0.3, 0.4) is 0 Å². The Morgan fingerprint density at radius 2 is 2.04 bits per heavy atom. The number of anilines is 1. The Hall–Kier alpha value is -1.06. The lowest BCUT2D eigenvalue weighted by Gasteiger charge is -2.17. The van der Waals surface area contributed by atoms with E-state index in [1.165, 1.54) is 11.3 Å². The molecule has 0 radical (unpaired) electrons. The number of nitrogens with one attached hydrogen (secondary N) is 1. The Labute approximate surface area is 153 Å². The second kappa shape index (κ2) is 6.45. The Morgan fingerprint density at radius 3 is 2.70 bits per heavy atom. The Bertz CT molecular complexity index is 785. The highest BCUT2D eigenvalue weighted by Crippen LogP contribution is 2.48. The summed E-state index contributed by atoms with van der Waals surface area (Å²) in [5, 5.41) is 0. The highest BCUT2D eigenvalue weighted by molar-refractivity contribution is 9.10. The summed E-state index contributed by atoms with van der Waals surface area (Å²) in [6.07, 6.45) is 0.548. The number of thiophene rings is 1. The molecular weight excluding hydrogens is 452 g/mol. The molecule has 0 fully saturated rings. The molecule has 1 atom stereocenters. The summed E-state index contributed by atoms with van der Waals surface area (Å²) in [5.41, 5.74) is 2.18. The van der Waals surface area contributed by atoms with Crippen LogP contribution in [0.25, 0.3) is 10.2 Å². The van der Waals surface area contributed by atoms with Gasteiger partial charge in [0.05, 0.1) is 49.9 Å². The molecule has 0 spiro atoms. The molecule has 0 bridgehead atoms. The molecule has 3 rings (SSSR count). The molecule has 23 heavy (non-hydrogen) atoms. The normalized spacial score (nSPS) is 16.7. The van der Waals surface area contributed by atoms with Crippen molar-refractivity contribution < 1.29 is 19.1 Å². The van der Waals surface area contributed by atoms with Gasteiger partial charge in [0.25, 0.3) is 0 Å². The maximum Gasteiger partial charge on any atom is 0.342 e. The number of esters is 2. The van der Waals surface area contributed by atoms with Gasteiger partial charge in [0.2, 0.25) is 0 Å². The molecule has 0 saturated carbocycles. The van der Waals surface area contributed by atoms with E-state index in [0.29, 0.717) is 29.8 Å². The third-order valence-electron chi connectivity index (χ3n) is 3.54. The number of aromatic nitrogens is 1. The van der Waals surface area contributed by atoms with Crippen LogP contribution < -0.4 is 3.93 Å². The molecule has 0 amide bonds. The molecule has 2 aromatic heterocycles. The van der Waals surface area contributed by atoms with E-state index in [9.17, 15) is 9.59 Å². The molecule has 0 saturated heterocycles. The summed E-state index contributed by atoms with van der Waals surface area (Å²) >= 11 is 8.33. The van der Waals surface area contributed by atoms with Gasteiger partial charge in [0.1, 0.15) is 11.6 Å². The van der Waals surface area contributed by atoms with Crippen LogP contribution in [-0.2, 0) is 20.7 Å². The lowest BCUT2D eigenvalue weighted by molar-refractivity contribution is -0.144. The minimum atomic E-state index is -0.395. The third kappa shape index (κ3) is 2.68. The number of fused-ring (bicyclic) bond motifs is 3. The van der Waals surface area contributed by atoms with Crippen molar-refractivity contribution in [1.29, 1.82) is 0 Å². The Morgan fingerprint density at radius 1 is 1.35 bits per heavy atom. The predicted molar refractivity (Wildman–Crippen MR) is 95.4 cm³/mol. The van der Waals surface area contributed by atoms with Gasteiger partial charge in [0.15, 0.2) is 0 Å². The average molecular weight is 466 g/mol. The van der Waals surface area contributed by atoms with Crippen LogP contribution in [0, 0.1) is 0 Å². The van der Waals surface area contributed by atoms with Crippen molar-refractivity contribution in [2.24, 2.45) is 0 Å². The van der Waals surface area contributed by atoms with Crippen molar-refractivity contribution in [2.75, 3.05) is 17.1 Å². The zero-order chi connectivity index (χ0) is 16.7. The number of carbonyl (C=O) groups excluding carboxylic acids is 2. The van der Waals surface area contributed by atoms with Crippen LogP contribution in [0.1, 0.15) is 29.1 Å². The molecular formula is C14H14Br2N2O4S. The van der Waals surface area contributed by atoms with Crippen LogP contribution in [0.15, 0.2) is 4.60 Å². The molecule has 1 N–H and O–H groups in total. The van der Waals surface area contributed by atoms with E-state index in [-0.39, 0.29) is 11.9 Å². The van der Waals surface area contributed by atoms with E-state index in [4.69, 9.17) is 9.47 Å². The first-order chi connectivity index (χ1) is 11.0. The maximum atomic E-state index is 12.1. The van der Waals surface area contributed by atoms with Gasteiger partial charge in [-0.2, -0.15) is 0 Å². The molecule has 6 nitrogen and oxygen atoms in total. The summed E-state index contributed by atoms with van der Waals surface area (Å²) in [4.78, 5) is 28.4. The molecule has 1 aliphatic heterocycles. The number of ether oxygens (including phenoxy) is 2. The first-order valence-electron chi connectivity index (χ1n) is 7.11. The number of hydrogen-bond donors (Lipinski definition) is 1. The highest BCUT2D eigenvalue weighted by atomic mass is 79.9. The van der Waals surface area contributed by atoms with Crippen LogP contribution in [0.4, 0.5) is 5.69 Å². The Balaban J connectivity index is 2.01. The second-order valence-corrected chi connectivity index (χ2v) is 7.56. The monoisotopic (exact) mass is 464 g/mol. The first kappa shape index (κ1) is 16.8. The highest BCUT2D eigenvalue weighted by Gasteiger charge is 2.39. The first-order valence-corrected chi connectivity index (χ1v) is 9.43. The van der Waals surface area contributed by atoms with Crippen molar-refractivity contribution in [3.8, 4) is 0 Å². The van der Waals surface area contributed by atoms with E-state index in [1.807, 2.05) is 0 Å². The van der Waals surface area contributed by atoms with E-state index >= 15 is 0 Å². The van der Waals surface area contributed by atoms with Crippen LogP contribution in [-0.4, -0.2) is 36.2 Å². The molecule has 0 aliphatic carbocycles. The summed E-state index contributed by atoms with van der Waals surface area (Å²) in [5.74, 6) is -0.634. The van der Waals surface area contributed by atoms with Gasteiger partial charge in [-0.25, -0.2) is 9.59 Å². The Kier molecular flexibility index (Phi) is 4.70. The number of hydrogen-bond acceptors (Lipinski definition) is 6. The third-order valence-corrected chi connectivity index (χ3v) is 6.20. The minimum absolute atomic E-state index is 0.267. The molecule has 1 unspecified atom stereocenters. The van der Waals surface area contributed by atoms with Gasteiger partial charge < -0.3 is 14.5 Å². The number of nitrogens with zero attached hydrogens (tertiary/aromatic N) is 1. The fraction of sp³-hybridized carbons (Fsp3) is 0.429. The summed E-state index contributed by atoms with van der Waals surface area (Å²) in [7, 11) is 0. The van der Waals surface area contributed by atoms with Crippen LogP contribution >= 0.6 is 43.4 Å². The molecule has 0 aromatic carbocycles. The van der Waals surface area contributed by atoms with E-state index in [0.717, 1.165) is 20.8 Å². The van der Waals surface area contributed by atoms with Crippen LogP contribution in [0.2, 0.25) is 0 Å². The lowest BCUT2D eigenvalue weighted by Crippen LogP contribution is -2.33. The van der Waals surface area contributed by atoms with E-state index < -0.39 is 6.04 Å². The lowest BCUT2D eigenvalue weighted by atomic mass is 10.2. The van der Waals surface area contributed by atoms with Gasteiger partial charge in [-0.3, -0.25) is 3.93 Å². The number of rotatable bonds is 4. The average Bonchev–Trinajstić information content (AvgIpc) is 3.08.